The largest absolute Gasteiger partial charge is 0.416 e. The molecule has 1 aromatic carbocycles. The summed E-state index contributed by atoms with van der Waals surface area (Å²) in [6.07, 6.45) is -4.47. The first-order chi connectivity index (χ1) is 9.29. The Morgan fingerprint density at radius 1 is 1.25 bits per heavy atom. The molecule has 0 spiro atoms. The van der Waals surface area contributed by atoms with Crippen molar-refractivity contribution in [1.82, 2.24) is 4.90 Å². The van der Waals surface area contributed by atoms with Crippen molar-refractivity contribution in [2.24, 2.45) is 0 Å². The van der Waals surface area contributed by atoms with Gasteiger partial charge in [0.1, 0.15) is 5.82 Å². The van der Waals surface area contributed by atoms with Crippen molar-refractivity contribution in [2.45, 2.75) is 25.1 Å². The zero-order chi connectivity index (χ0) is 14.9. The second-order valence-corrected chi connectivity index (χ2v) is 4.72. The molecule has 1 fully saturated rings. The molecule has 0 atom stereocenters. The topological polar surface area (TPSA) is 40.5 Å². The van der Waals surface area contributed by atoms with Gasteiger partial charge in [0.2, 0.25) is 0 Å². The quantitative estimate of drug-likeness (QED) is 0.807. The highest BCUT2D eigenvalue weighted by Crippen LogP contribution is 2.30. The number of likely N-dealkylation sites (tertiary alicyclic amines) is 1. The number of nitrogens with zero attached hydrogens (tertiary/aromatic N) is 1. The van der Waals surface area contributed by atoms with Crippen molar-refractivity contribution in [1.29, 1.82) is 0 Å². The van der Waals surface area contributed by atoms with Gasteiger partial charge in [-0.15, -0.1) is 0 Å². The minimum atomic E-state index is -4.62. The molecule has 0 bridgehead atoms. The van der Waals surface area contributed by atoms with Crippen LogP contribution in [0.25, 0.3) is 0 Å². The van der Waals surface area contributed by atoms with Gasteiger partial charge in [-0.05, 0) is 31.0 Å². The minimum Gasteiger partial charge on any atom is -0.393 e. The van der Waals surface area contributed by atoms with E-state index in [1.807, 2.05) is 0 Å². The number of aliphatic hydroxyl groups is 1. The van der Waals surface area contributed by atoms with E-state index in [1.165, 1.54) is 4.90 Å². The Balaban J connectivity index is 2.25. The van der Waals surface area contributed by atoms with E-state index in [2.05, 4.69) is 0 Å². The van der Waals surface area contributed by atoms with E-state index >= 15 is 0 Å². The van der Waals surface area contributed by atoms with Gasteiger partial charge in [0.05, 0.1) is 17.2 Å². The van der Waals surface area contributed by atoms with Crippen LogP contribution < -0.4 is 0 Å². The summed E-state index contributed by atoms with van der Waals surface area (Å²) in [5, 5.41) is 9.32. The van der Waals surface area contributed by atoms with Crippen LogP contribution in [0.5, 0.6) is 0 Å². The van der Waals surface area contributed by atoms with E-state index in [9.17, 15) is 27.5 Å². The molecule has 1 aliphatic heterocycles. The normalized spacial score (nSPS) is 17.4. The van der Waals surface area contributed by atoms with Crippen LogP contribution in [0.1, 0.15) is 28.8 Å². The lowest BCUT2D eigenvalue weighted by Gasteiger charge is -2.29. The van der Waals surface area contributed by atoms with Crippen LogP contribution in [0.2, 0.25) is 0 Å². The van der Waals surface area contributed by atoms with Crippen LogP contribution in [0.15, 0.2) is 18.2 Å². The van der Waals surface area contributed by atoms with E-state index in [4.69, 9.17) is 0 Å². The smallest absolute Gasteiger partial charge is 0.393 e. The van der Waals surface area contributed by atoms with Crippen molar-refractivity contribution in [3.05, 3.63) is 35.1 Å². The number of hydrogen-bond acceptors (Lipinski definition) is 2. The molecule has 1 heterocycles. The summed E-state index contributed by atoms with van der Waals surface area (Å²) in [7, 11) is 0. The van der Waals surface area contributed by atoms with Gasteiger partial charge in [0, 0.05) is 13.1 Å². The molecule has 1 aliphatic rings. The van der Waals surface area contributed by atoms with Gasteiger partial charge in [-0.1, -0.05) is 0 Å². The van der Waals surface area contributed by atoms with E-state index < -0.39 is 35.1 Å². The van der Waals surface area contributed by atoms with E-state index in [0.29, 0.717) is 31.0 Å². The molecule has 110 valence electrons. The summed E-state index contributed by atoms with van der Waals surface area (Å²) < 4.78 is 51.3. The number of amides is 1. The van der Waals surface area contributed by atoms with Gasteiger partial charge in [0.15, 0.2) is 0 Å². The molecule has 1 amide bonds. The maximum atomic E-state index is 13.6. The first-order valence-electron chi connectivity index (χ1n) is 6.13. The molecule has 1 aromatic rings. The van der Waals surface area contributed by atoms with Crippen LogP contribution in [0.4, 0.5) is 17.6 Å². The standard InChI is InChI=1S/C13H13F4NO2/c14-11-2-1-8(13(15,16)17)7-10(11)12(20)18-5-3-9(19)4-6-18/h1-2,7,9,19H,3-6H2. The molecule has 0 saturated carbocycles. The molecule has 1 saturated heterocycles. The maximum absolute atomic E-state index is 13.6. The van der Waals surface area contributed by atoms with Crippen molar-refractivity contribution in [3.63, 3.8) is 0 Å². The van der Waals surface area contributed by atoms with Crippen LogP contribution in [0, 0.1) is 5.82 Å². The van der Waals surface area contributed by atoms with Crippen molar-refractivity contribution < 1.29 is 27.5 Å². The number of aliphatic hydroxyl groups excluding tert-OH is 1. The first-order valence-corrected chi connectivity index (χ1v) is 6.13. The van der Waals surface area contributed by atoms with E-state index in [1.54, 1.807) is 0 Å². The summed E-state index contributed by atoms with van der Waals surface area (Å²) in [6, 6.07) is 1.78. The summed E-state index contributed by atoms with van der Waals surface area (Å²) in [6.45, 7) is 0.408. The molecule has 3 nitrogen and oxygen atoms in total. The number of benzene rings is 1. The Labute approximate surface area is 112 Å². The molecule has 2 rings (SSSR count). The Morgan fingerprint density at radius 2 is 1.85 bits per heavy atom. The van der Waals surface area contributed by atoms with Crippen LogP contribution in [0.3, 0.4) is 0 Å². The predicted octanol–water partition coefficient (Wildman–Crippen LogP) is 2.44. The van der Waals surface area contributed by atoms with Gasteiger partial charge in [-0.2, -0.15) is 13.2 Å². The number of hydrogen-bond donors (Lipinski definition) is 1. The molecular formula is C13H13F4NO2. The predicted molar refractivity (Wildman–Crippen MR) is 62.5 cm³/mol. The lowest BCUT2D eigenvalue weighted by atomic mass is 10.0. The molecule has 20 heavy (non-hydrogen) atoms. The third kappa shape index (κ3) is 3.09. The molecule has 0 radical (unpaired) electrons. The highest BCUT2D eigenvalue weighted by molar-refractivity contribution is 5.94. The highest BCUT2D eigenvalue weighted by Gasteiger charge is 2.33. The Morgan fingerprint density at radius 3 is 2.40 bits per heavy atom. The van der Waals surface area contributed by atoms with Gasteiger partial charge in [-0.25, -0.2) is 4.39 Å². The first kappa shape index (κ1) is 14.8. The summed E-state index contributed by atoms with van der Waals surface area (Å²) in [5.41, 5.74) is -1.64. The Bertz CT molecular complexity index is 508. The second-order valence-electron chi connectivity index (χ2n) is 4.72. The van der Waals surface area contributed by atoms with Crippen molar-refractivity contribution in [2.75, 3.05) is 13.1 Å². The number of rotatable bonds is 1. The van der Waals surface area contributed by atoms with Crippen LogP contribution in [-0.2, 0) is 6.18 Å². The molecule has 7 heteroatoms. The van der Waals surface area contributed by atoms with Gasteiger partial charge < -0.3 is 10.0 Å². The molecular weight excluding hydrogens is 278 g/mol. The Hall–Kier alpha value is -1.63. The van der Waals surface area contributed by atoms with Crippen LogP contribution in [-0.4, -0.2) is 35.1 Å². The zero-order valence-electron chi connectivity index (χ0n) is 10.5. The fraction of sp³-hybridized carbons (Fsp3) is 0.462. The molecule has 0 aromatic heterocycles. The summed E-state index contributed by atoms with van der Waals surface area (Å²) in [5.74, 6) is -1.75. The van der Waals surface area contributed by atoms with Crippen LogP contribution >= 0.6 is 0 Å². The Kier molecular flexibility index (Phi) is 3.99. The lowest BCUT2D eigenvalue weighted by molar-refractivity contribution is -0.137. The van der Waals surface area contributed by atoms with E-state index in [-0.39, 0.29) is 13.1 Å². The summed E-state index contributed by atoms with van der Waals surface area (Å²) in [4.78, 5) is 13.3. The number of carbonyl (C=O) groups excluding carboxylic acids is 1. The summed E-state index contributed by atoms with van der Waals surface area (Å²) >= 11 is 0. The van der Waals surface area contributed by atoms with Crippen molar-refractivity contribution >= 4 is 5.91 Å². The number of halogens is 4. The van der Waals surface area contributed by atoms with Crippen molar-refractivity contribution in [3.8, 4) is 0 Å². The van der Waals surface area contributed by atoms with Gasteiger partial charge >= 0.3 is 6.18 Å². The van der Waals surface area contributed by atoms with Gasteiger partial charge in [0.25, 0.3) is 5.91 Å². The second kappa shape index (κ2) is 5.40. The third-order valence-corrected chi connectivity index (χ3v) is 3.28. The number of piperidine rings is 1. The zero-order valence-corrected chi connectivity index (χ0v) is 10.5. The lowest BCUT2D eigenvalue weighted by Crippen LogP contribution is -2.40. The SMILES string of the molecule is O=C(c1cc(C(F)(F)F)ccc1F)N1CCC(O)CC1. The van der Waals surface area contributed by atoms with E-state index in [0.717, 1.165) is 0 Å². The fourth-order valence-electron chi connectivity index (χ4n) is 2.10. The molecule has 1 N–H and O–H groups in total. The average Bonchev–Trinajstić information content (AvgIpc) is 2.38. The number of carbonyl (C=O) groups is 1. The minimum absolute atomic E-state index is 0.204. The molecule has 0 aliphatic carbocycles. The number of alkyl halides is 3. The third-order valence-electron chi connectivity index (χ3n) is 3.28. The van der Waals surface area contributed by atoms with Gasteiger partial charge in [-0.3, -0.25) is 4.79 Å². The highest BCUT2D eigenvalue weighted by atomic mass is 19.4. The molecule has 0 unspecified atom stereocenters. The maximum Gasteiger partial charge on any atom is 0.416 e. The fourth-order valence-corrected chi connectivity index (χ4v) is 2.10. The average molecular weight is 291 g/mol. The monoisotopic (exact) mass is 291 g/mol.